The third-order valence-corrected chi connectivity index (χ3v) is 3.48. The van der Waals surface area contributed by atoms with Crippen LogP contribution in [-0.4, -0.2) is 11.8 Å². The van der Waals surface area contributed by atoms with Crippen LogP contribution in [-0.2, 0) is 9.59 Å². The van der Waals surface area contributed by atoms with Gasteiger partial charge in [-0.15, -0.1) is 0 Å². The zero-order chi connectivity index (χ0) is 16.1. The average molecular weight is 361 g/mol. The SMILES string of the molecule is Cc1cc(C)cc(NC(=O)CC(=O)Nc2ccc(Br)cc2)c1. The minimum Gasteiger partial charge on any atom is -0.326 e. The Morgan fingerprint density at radius 3 is 1.91 bits per heavy atom. The Morgan fingerprint density at radius 1 is 0.864 bits per heavy atom. The number of nitrogens with one attached hydrogen (secondary N) is 2. The summed E-state index contributed by atoms with van der Waals surface area (Å²) in [4.78, 5) is 23.8. The Labute approximate surface area is 138 Å². The normalized spacial score (nSPS) is 10.1. The Hall–Kier alpha value is -2.14. The maximum absolute atomic E-state index is 11.9. The maximum atomic E-state index is 11.9. The molecule has 2 rings (SSSR count). The van der Waals surface area contributed by atoms with E-state index in [1.807, 2.05) is 44.2 Å². The van der Waals surface area contributed by atoms with Gasteiger partial charge >= 0.3 is 0 Å². The molecule has 0 saturated heterocycles. The van der Waals surface area contributed by atoms with E-state index in [2.05, 4.69) is 26.6 Å². The fraction of sp³-hybridized carbons (Fsp3) is 0.176. The highest BCUT2D eigenvalue weighted by atomic mass is 79.9. The summed E-state index contributed by atoms with van der Waals surface area (Å²) in [7, 11) is 0. The van der Waals surface area contributed by atoms with E-state index in [0.29, 0.717) is 11.4 Å². The van der Waals surface area contributed by atoms with Crippen molar-refractivity contribution in [1.29, 1.82) is 0 Å². The van der Waals surface area contributed by atoms with Crippen molar-refractivity contribution in [1.82, 2.24) is 0 Å². The lowest BCUT2D eigenvalue weighted by Gasteiger charge is -2.08. The fourth-order valence-electron chi connectivity index (χ4n) is 2.14. The Morgan fingerprint density at radius 2 is 1.36 bits per heavy atom. The molecule has 0 aliphatic rings. The highest BCUT2D eigenvalue weighted by Gasteiger charge is 2.10. The van der Waals surface area contributed by atoms with E-state index in [0.717, 1.165) is 15.6 Å². The highest BCUT2D eigenvalue weighted by Crippen LogP contribution is 2.15. The molecule has 0 heterocycles. The molecule has 0 aliphatic heterocycles. The van der Waals surface area contributed by atoms with Crippen molar-refractivity contribution in [3.63, 3.8) is 0 Å². The molecule has 0 unspecified atom stereocenters. The summed E-state index contributed by atoms with van der Waals surface area (Å²) < 4.78 is 0.929. The predicted molar refractivity (Wildman–Crippen MR) is 91.9 cm³/mol. The molecule has 0 aromatic heterocycles. The second kappa shape index (κ2) is 7.22. The van der Waals surface area contributed by atoms with Crippen LogP contribution in [0.5, 0.6) is 0 Å². The summed E-state index contributed by atoms with van der Waals surface area (Å²) in [6, 6.07) is 13.0. The standard InChI is InChI=1S/C17H17BrN2O2/c1-11-7-12(2)9-15(8-11)20-17(22)10-16(21)19-14-5-3-13(18)4-6-14/h3-9H,10H2,1-2H3,(H,19,21)(H,20,22). The molecule has 4 nitrogen and oxygen atoms in total. The first-order valence-corrected chi connectivity index (χ1v) is 7.65. The third kappa shape index (κ3) is 5.00. The van der Waals surface area contributed by atoms with Crippen molar-refractivity contribution in [2.24, 2.45) is 0 Å². The predicted octanol–water partition coefficient (Wildman–Crippen LogP) is 4.03. The number of hydrogen-bond donors (Lipinski definition) is 2. The number of rotatable bonds is 4. The molecule has 2 aromatic rings. The smallest absolute Gasteiger partial charge is 0.233 e. The van der Waals surface area contributed by atoms with Gasteiger partial charge in [0.1, 0.15) is 6.42 Å². The van der Waals surface area contributed by atoms with Gasteiger partial charge in [-0.25, -0.2) is 0 Å². The van der Waals surface area contributed by atoms with Gasteiger partial charge in [0.15, 0.2) is 0 Å². The lowest BCUT2D eigenvalue weighted by Crippen LogP contribution is -2.21. The first kappa shape index (κ1) is 16.2. The fourth-order valence-corrected chi connectivity index (χ4v) is 2.40. The van der Waals surface area contributed by atoms with Crippen molar-refractivity contribution >= 4 is 39.1 Å². The van der Waals surface area contributed by atoms with Gasteiger partial charge in [0.2, 0.25) is 11.8 Å². The quantitative estimate of drug-likeness (QED) is 0.808. The van der Waals surface area contributed by atoms with Crippen LogP contribution in [0.15, 0.2) is 46.9 Å². The van der Waals surface area contributed by atoms with Gasteiger partial charge in [-0.05, 0) is 61.4 Å². The summed E-state index contributed by atoms with van der Waals surface area (Å²) in [6.45, 7) is 3.92. The molecular formula is C17H17BrN2O2. The highest BCUT2D eigenvalue weighted by molar-refractivity contribution is 9.10. The van der Waals surface area contributed by atoms with E-state index >= 15 is 0 Å². The van der Waals surface area contributed by atoms with Crippen molar-refractivity contribution in [2.45, 2.75) is 20.3 Å². The molecule has 0 aliphatic carbocycles. The van der Waals surface area contributed by atoms with Gasteiger partial charge in [0.25, 0.3) is 0 Å². The summed E-state index contributed by atoms with van der Waals surface area (Å²) in [6.07, 6.45) is -0.219. The number of hydrogen-bond acceptors (Lipinski definition) is 2. The van der Waals surface area contributed by atoms with E-state index < -0.39 is 0 Å². The Kier molecular flexibility index (Phi) is 5.33. The topological polar surface area (TPSA) is 58.2 Å². The lowest BCUT2D eigenvalue weighted by atomic mass is 10.1. The van der Waals surface area contributed by atoms with Crippen LogP contribution in [0.2, 0.25) is 0 Å². The molecule has 0 spiro atoms. The van der Waals surface area contributed by atoms with E-state index in [1.165, 1.54) is 0 Å². The van der Waals surface area contributed by atoms with Crippen molar-refractivity contribution in [3.05, 3.63) is 58.1 Å². The van der Waals surface area contributed by atoms with Crippen molar-refractivity contribution < 1.29 is 9.59 Å². The second-order valence-corrected chi connectivity index (χ2v) is 6.07. The second-order valence-electron chi connectivity index (χ2n) is 5.16. The number of carbonyl (C=O) groups excluding carboxylic acids is 2. The van der Waals surface area contributed by atoms with Gasteiger partial charge in [-0.3, -0.25) is 9.59 Å². The number of carbonyl (C=O) groups is 2. The van der Waals surface area contributed by atoms with Crippen LogP contribution in [0.3, 0.4) is 0 Å². The zero-order valence-electron chi connectivity index (χ0n) is 12.4. The summed E-state index contributed by atoms with van der Waals surface area (Å²) in [5.74, 6) is -0.677. The van der Waals surface area contributed by atoms with Crippen LogP contribution < -0.4 is 10.6 Å². The molecule has 2 amide bonds. The molecule has 5 heteroatoms. The minimum atomic E-state index is -0.343. The van der Waals surface area contributed by atoms with Gasteiger partial charge < -0.3 is 10.6 Å². The molecule has 0 fully saturated rings. The maximum Gasteiger partial charge on any atom is 0.233 e. The van der Waals surface area contributed by atoms with E-state index in [-0.39, 0.29) is 18.2 Å². The van der Waals surface area contributed by atoms with E-state index in [4.69, 9.17) is 0 Å². The van der Waals surface area contributed by atoms with Crippen LogP contribution in [0.1, 0.15) is 17.5 Å². The van der Waals surface area contributed by atoms with Crippen molar-refractivity contribution in [2.75, 3.05) is 10.6 Å². The third-order valence-electron chi connectivity index (χ3n) is 2.95. The van der Waals surface area contributed by atoms with Crippen LogP contribution in [0.4, 0.5) is 11.4 Å². The molecule has 2 aromatic carbocycles. The zero-order valence-corrected chi connectivity index (χ0v) is 14.0. The van der Waals surface area contributed by atoms with Gasteiger partial charge in [0, 0.05) is 15.8 Å². The first-order chi connectivity index (χ1) is 10.4. The molecule has 2 N–H and O–H groups in total. The molecule has 0 bridgehead atoms. The number of amides is 2. The van der Waals surface area contributed by atoms with Crippen molar-refractivity contribution in [3.8, 4) is 0 Å². The minimum absolute atomic E-state index is 0.219. The average Bonchev–Trinajstić information content (AvgIpc) is 2.39. The molecule has 114 valence electrons. The van der Waals surface area contributed by atoms with E-state index in [1.54, 1.807) is 12.1 Å². The lowest BCUT2D eigenvalue weighted by molar-refractivity contribution is -0.123. The molecule has 22 heavy (non-hydrogen) atoms. The van der Waals surface area contributed by atoms with Gasteiger partial charge in [-0.1, -0.05) is 22.0 Å². The van der Waals surface area contributed by atoms with Crippen LogP contribution in [0.25, 0.3) is 0 Å². The first-order valence-electron chi connectivity index (χ1n) is 6.86. The number of halogens is 1. The monoisotopic (exact) mass is 360 g/mol. The Bertz CT molecular complexity index is 676. The van der Waals surface area contributed by atoms with Crippen LogP contribution in [0, 0.1) is 13.8 Å². The summed E-state index contributed by atoms with van der Waals surface area (Å²) >= 11 is 3.32. The molecule has 0 saturated carbocycles. The number of anilines is 2. The molecule has 0 atom stereocenters. The molecular weight excluding hydrogens is 344 g/mol. The largest absolute Gasteiger partial charge is 0.326 e. The summed E-state index contributed by atoms with van der Waals surface area (Å²) in [5, 5.41) is 5.43. The number of benzene rings is 2. The van der Waals surface area contributed by atoms with Gasteiger partial charge in [-0.2, -0.15) is 0 Å². The van der Waals surface area contributed by atoms with E-state index in [9.17, 15) is 9.59 Å². The summed E-state index contributed by atoms with van der Waals surface area (Å²) in [5.41, 5.74) is 3.50. The van der Waals surface area contributed by atoms with Crippen LogP contribution >= 0.6 is 15.9 Å². The Balaban J connectivity index is 1.91. The van der Waals surface area contributed by atoms with Gasteiger partial charge in [0.05, 0.1) is 0 Å². The number of aryl methyl sites for hydroxylation is 2. The molecule has 0 radical (unpaired) electrons.